The average Bonchev–Trinajstić information content (AvgIpc) is 2.95. The van der Waals surface area contributed by atoms with Gasteiger partial charge >= 0.3 is 5.97 Å². The van der Waals surface area contributed by atoms with Crippen molar-refractivity contribution in [1.29, 1.82) is 0 Å². The fourth-order valence-corrected chi connectivity index (χ4v) is 2.91. The van der Waals surface area contributed by atoms with Crippen molar-refractivity contribution < 1.29 is 28.2 Å². The summed E-state index contributed by atoms with van der Waals surface area (Å²) in [4.78, 5) is 22.8. The second kappa shape index (κ2) is 6.88. The van der Waals surface area contributed by atoms with E-state index < -0.39 is 40.9 Å². The maximum atomic E-state index is 14.4. The summed E-state index contributed by atoms with van der Waals surface area (Å²) < 4.78 is 34.2. The molecule has 1 heterocycles. The lowest BCUT2D eigenvalue weighted by atomic mass is 9.88. The number of amides is 1. The minimum atomic E-state index is -1.51. The largest absolute Gasteiger partial charge is 0.489 e. The van der Waals surface area contributed by atoms with Gasteiger partial charge in [-0.25, -0.2) is 8.78 Å². The molecule has 1 aliphatic heterocycles. The molecule has 1 amide bonds. The maximum Gasteiger partial charge on any atom is 0.316 e. The molecule has 0 radical (unpaired) electrons. The molecule has 0 saturated carbocycles. The van der Waals surface area contributed by atoms with E-state index in [2.05, 4.69) is 5.32 Å². The fraction of sp³-hybridized carbons (Fsp3) is 0.222. The zero-order valence-electron chi connectivity index (χ0n) is 13.0. The van der Waals surface area contributed by atoms with Crippen LogP contribution in [-0.4, -0.2) is 23.5 Å². The van der Waals surface area contributed by atoms with Crippen LogP contribution in [0.1, 0.15) is 17.0 Å². The van der Waals surface area contributed by atoms with Crippen molar-refractivity contribution in [3.63, 3.8) is 0 Å². The van der Waals surface area contributed by atoms with Gasteiger partial charge in [-0.1, -0.05) is 30.3 Å². The first-order valence-electron chi connectivity index (χ1n) is 7.63. The number of benzene rings is 2. The normalized spacial score (nSPS) is 19.5. The van der Waals surface area contributed by atoms with E-state index in [-0.39, 0.29) is 18.9 Å². The summed E-state index contributed by atoms with van der Waals surface area (Å²) >= 11 is 0. The zero-order valence-corrected chi connectivity index (χ0v) is 13.0. The number of hydrogen-bond acceptors (Lipinski definition) is 3. The SMILES string of the molecule is O=C(O)[C@H]1C(=O)NC[C@@H]1c1c(F)cc(OCc2ccccc2)cc1F. The fourth-order valence-electron chi connectivity index (χ4n) is 2.91. The van der Waals surface area contributed by atoms with Crippen molar-refractivity contribution in [2.75, 3.05) is 6.54 Å². The van der Waals surface area contributed by atoms with Crippen LogP contribution in [0.4, 0.5) is 8.78 Å². The lowest BCUT2D eigenvalue weighted by molar-refractivity contribution is -0.145. The summed E-state index contributed by atoms with van der Waals surface area (Å²) in [6.07, 6.45) is 0. The Morgan fingerprint density at radius 1 is 1.20 bits per heavy atom. The summed E-state index contributed by atoms with van der Waals surface area (Å²) in [5, 5.41) is 11.5. The van der Waals surface area contributed by atoms with Crippen molar-refractivity contribution in [3.8, 4) is 5.75 Å². The number of hydrogen-bond donors (Lipinski definition) is 2. The van der Waals surface area contributed by atoms with Crippen molar-refractivity contribution >= 4 is 11.9 Å². The third kappa shape index (κ3) is 3.45. The van der Waals surface area contributed by atoms with Gasteiger partial charge in [0, 0.05) is 30.2 Å². The molecule has 0 bridgehead atoms. The van der Waals surface area contributed by atoms with Gasteiger partial charge in [0.15, 0.2) is 0 Å². The van der Waals surface area contributed by atoms with E-state index in [9.17, 15) is 18.4 Å². The minimum Gasteiger partial charge on any atom is -0.489 e. The van der Waals surface area contributed by atoms with Gasteiger partial charge in [-0.3, -0.25) is 9.59 Å². The highest BCUT2D eigenvalue weighted by atomic mass is 19.1. The van der Waals surface area contributed by atoms with Crippen molar-refractivity contribution in [2.24, 2.45) is 5.92 Å². The van der Waals surface area contributed by atoms with Crippen LogP contribution in [-0.2, 0) is 16.2 Å². The minimum absolute atomic E-state index is 0.00763. The number of nitrogens with one attached hydrogen (secondary N) is 1. The lowest BCUT2D eigenvalue weighted by Gasteiger charge is -2.16. The van der Waals surface area contributed by atoms with Gasteiger partial charge in [0.25, 0.3) is 0 Å². The summed E-state index contributed by atoms with van der Waals surface area (Å²) in [6, 6.07) is 11.1. The summed E-state index contributed by atoms with van der Waals surface area (Å²) in [5.41, 5.74) is 0.418. The molecule has 0 unspecified atom stereocenters. The van der Waals surface area contributed by atoms with Crippen LogP contribution in [0.2, 0.25) is 0 Å². The molecule has 25 heavy (non-hydrogen) atoms. The number of carbonyl (C=O) groups excluding carboxylic acids is 1. The molecule has 1 fully saturated rings. The number of aliphatic carboxylic acids is 1. The van der Waals surface area contributed by atoms with Gasteiger partial charge in [0.05, 0.1) is 0 Å². The van der Waals surface area contributed by atoms with E-state index in [1.165, 1.54) is 0 Å². The first-order valence-corrected chi connectivity index (χ1v) is 7.63. The lowest BCUT2D eigenvalue weighted by Crippen LogP contribution is -2.27. The van der Waals surface area contributed by atoms with E-state index in [1.54, 1.807) is 0 Å². The van der Waals surface area contributed by atoms with Crippen molar-refractivity contribution in [1.82, 2.24) is 5.32 Å². The number of carboxylic acid groups (broad SMARTS) is 1. The second-order valence-electron chi connectivity index (χ2n) is 5.74. The Balaban J connectivity index is 1.83. The Morgan fingerprint density at radius 2 is 1.84 bits per heavy atom. The number of halogens is 2. The highest BCUT2D eigenvalue weighted by Gasteiger charge is 2.43. The predicted molar refractivity (Wildman–Crippen MR) is 84.0 cm³/mol. The van der Waals surface area contributed by atoms with Crippen LogP contribution in [0, 0.1) is 17.6 Å². The number of carboxylic acids is 1. The van der Waals surface area contributed by atoms with Crippen molar-refractivity contribution in [2.45, 2.75) is 12.5 Å². The van der Waals surface area contributed by atoms with Crippen LogP contribution in [0.3, 0.4) is 0 Å². The standard InChI is InChI=1S/C18H15F2NO4/c19-13-6-11(25-9-10-4-2-1-3-5-10)7-14(20)15(13)12-8-21-17(22)16(12)18(23)24/h1-7,12,16H,8-9H2,(H,21,22)(H,23,24)/t12-,16-/m1/s1. The highest BCUT2D eigenvalue weighted by Crippen LogP contribution is 2.34. The second-order valence-corrected chi connectivity index (χ2v) is 5.74. The van der Waals surface area contributed by atoms with Gasteiger partial charge in [0.2, 0.25) is 5.91 Å². The molecule has 2 N–H and O–H groups in total. The molecular weight excluding hydrogens is 332 g/mol. The number of ether oxygens (including phenoxy) is 1. The van der Waals surface area contributed by atoms with Gasteiger partial charge in [0.1, 0.15) is 29.9 Å². The molecule has 2 aromatic carbocycles. The zero-order chi connectivity index (χ0) is 18.0. The molecule has 3 rings (SSSR count). The third-order valence-electron chi connectivity index (χ3n) is 4.12. The molecule has 5 nitrogen and oxygen atoms in total. The van der Waals surface area contributed by atoms with E-state index in [0.717, 1.165) is 17.7 Å². The smallest absolute Gasteiger partial charge is 0.316 e. The Labute approximate surface area is 142 Å². The molecule has 1 aliphatic rings. The summed E-state index contributed by atoms with van der Waals surface area (Å²) in [7, 11) is 0. The van der Waals surface area contributed by atoms with E-state index in [4.69, 9.17) is 9.84 Å². The highest BCUT2D eigenvalue weighted by molar-refractivity contribution is 5.99. The molecule has 0 spiro atoms. The van der Waals surface area contributed by atoms with Gasteiger partial charge in [-0.15, -0.1) is 0 Å². The van der Waals surface area contributed by atoms with Crippen LogP contribution in [0.5, 0.6) is 5.75 Å². The third-order valence-corrected chi connectivity index (χ3v) is 4.12. The molecule has 1 saturated heterocycles. The summed E-state index contributed by atoms with van der Waals surface area (Å²) in [5.74, 6) is -6.66. The van der Waals surface area contributed by atoms with Crippen LogP contribution >= 0.6 is 0 Å². The predicted octanol–water partition coefficient (Wildman–Crippen LogP) is 2.46. The van der Waals surface area contributed by atoms with Gasteiger partial charge < -0.3 is 15.2 Å². The molecule has 0 aliphatic carbocycles. The Morgan fingerprint density at radius 3 is 2.44 bits per heavy atom. The average molecular weight is 347 g/mol. The van der Waals surface area contributed by atoms with Gasteiger partial charge in [-0.05, 0) is 5.56 Å². The Hall–Kier alpha value is -2.96. The molecule has 0 aromatic heterocycles. The first kappa shape index (κ1) is 16.9. The summed E-state index contributed by atoms with van der Waals surface area (Å²) in [6.45, 7) is 0.00808. The first-order chi connectivity index (χ1) is 12.0. The Bertz CT molecular complexity index is 787. The van der Waals surface area contributed by atoms with Crippen LogP contribution < -0.4 is 10.1 Å². The van der Waals surface area contributed by atoms with Crippen LogP contribution in [0.15, 0.2) is 42.5 Å². The van der Waals surface area contributed by atoms with E-state index in [1.807, 2.05) is 30.3 Å². The van der Waals surface area contributed by atoms with Crippen molar-refractivity contribution in [3.05, 3.63) is 65.2 Å². The van der Waals surface area contributed by atoms with E-state index >= 15 is 0 Å². The maximum absolute atomic E-state index is 14.4. The topological polar surface area (TPSA) is 75.6 Å². The Kier molecular flexibility index (Phi) is 4.65. The van der Waals surface area contributed by atoms with E-state index in [0.29, 0.717) is 0 Å². The molecule has 7 heteroatoms. The monoisotopic (exact) mass is 347 g/mol. The molecular formula is C18H15F2NO4. The number of rotatable bonds is 5. The molecule has 2 atom stereocenters. The van der Waals surface area contributed by atoms with Gasteiger partial charge in [-0.2, -0.15) is 0 Å². The molecule has 130 valence electrons. The number of carbonyl (C=O) groups is 2. The quantitative estimate of drug-likeness (QED) is 0.815. The van der Waals surface area contributed by atoms with Crippen LogP contribution in [0.25, 0.3) is 0 Å². The molecule has 2 aromatic rings.